The number of benzene rings is 1. The van der Waals surface area contributed by atoms with Crippen molar-refractivity contribution in [3.05, 3.63) is 33.8 Å². The van der Waals surface area contributed by atoms with Crippen LogP contribution >= 0.6 is 15.9 Å². The third-order valence-electron chi connectivity index (χ3n) is 3.00. The van der Waals surface area contributed by atoms with Gasteiger partial charge in [-0.25, -0.2) is 8.78 Å². The number of carboxylic acid groups (broad SMARTS) is 1. The van der Waals surface area contributed by atoms with Crippen LogP contribution in [0.4, 0.5) is 8.78 Å². The summed E-state index contributed by atoms with van der Waals surface area (Å²) in [5, 5.41) is 11.7. The molecule has 0 spiro atoms. The van der Waals surface area contributed by atoms with Gasteiger partial charge in [-0.2, -0.15) is 0 Å². The van der Waals surface area contributed by atoms with Gasteiger partial charge in [0.05, 0.1) is 4.47 Å². The van der Waals surface area contributed by atoms with Crippen LogP contribution in [0.3, 0.4) is 0 Å². The predicted molar refractivity (Wildman–Crippen MR) is 65.0 cm³/mol. The first-order valence-electron chi connectivity index (χ1n) is 5.59. The van der Waals surface area contributed by atoms with E-state index in [1.807, 2.05) is 0 Å². The molecular formula is C12H12BrF2NO2. The second-order valence-corrected chi connectivity index (χ2v) is 5.21. The molecule has 0 aromatic heterocycles. The highest BCUT2D eigenvalue weighted by molar-refractivity contribution is 9.10. The smallest absolute Gasteiger partial charge is 0.320 e. The molecule has 98 valence electrons. The van der Waals surface area contributed by atoms with Gasteiger partial charge >= 0.3 is 5.97 Å². The van der Waals surface area contributed by atoms with E-state index in [0.29, 0.717) is 0 Å². The topological polar surface area (TPSA) is 49.3 Å². The molecule has 1 fully saturated rings. The van der Waals surface area contributed by atoms with Crippen molar-refractivity contribution in [3.8, 4) is 0 Å². The van der Waals surface area contributed by atoms with Gasteiger partial charge in [0, 0.05) is 12.1 Å². The summed E-state index contributed by atoms with van der Waals surface area (Å²) in [6.45, 7) is -0.134. The number of hydrogen-bond donors (Lipinski definition) is 2. The van der Waals surface area contributed by atoms with E-state index in [1.165, 1.54) is 6.07 Å². The summed E-state index contributed by atoms with van der Waals surface area (Å²) in [5.74, 6) is -2.28. The third kappa shape index (κ3) is 2.87. The number of hydrogen-bond acceptors (Lipinski definition) is 2. The molecule has 3 nitrogen and oxygen atoms in total. The highest BCUT2D eigenvalue weighted by Gasteiger charge is 2.36. The van der Waals surface area contributed by atoms with E-state index in [9.17, 15) is 13.6 Å². The summed E-state index contributed by atoms with van der Waals surface area (Å²) in [7, 11) is 0. The molecule has 0 radical (unpaired) electrons. The van der Waals surface area contributed by atoms with Crippen molar-refractivity contribution in [2.75, 3.05) is 0 Å². The zero-order valence-corrected chi connectivity index (χ0v) is 11.0. The lowest BCUT2D eigenvalue weighted by Gasteiger charge is -2.14. The third-order valence-corrected chi connectivity index (χ3v) is 3.61. The maximum absolute atomic E-state index is 13.7. The van der Waals surface area contributed by atoms with E-state index >= 15 is 0 Å². The van der Waals surface area contributed by atoms with E-state index in [4.69, 9.17) is 5.11 Å². The first-order valence-corrected chi connectivity index (χ1v) is 6.38. The normalized spacial score (nSPS) is 16.6. The summed E-state index contributed by atoms with van der Waals surface area (Å²) in [5.41, 5.74) is -0.142. The maximum atomic E-state index is 13.7. The van der Waals surface area contributed by atoms with Gasteiger partial charge in [0.1, 0.15) is 17.7 Å². The monoisotopic (exact) mass is 319 g/mol. The second kappa shape index (κ2) is 5.32. The van der Waals surface area contributed by atoms with Crippen molar-refractivity contribution in [1.82, 2.24) is 5.32 Å². The Morgan fingerprint density at radius 2 is 2.17 bits per heavy atom. The number of carboxylic acids is 1. The van der Waals surface area contributed by atoms with Crippen molar-refractivity contribution in [3.63, 3.8) is 0 Å². The Kier molecular flexibility index (Phi) is 3.97. The Labute approximate surface area is 111 Å². The van der Waals surface area contributed by atoms with Crippen LogP contribution < -0.4 is 5.32 Å². The van der Waals surface area contributed by atoms with Gasteiger partial charge in [-0.3, -0.25) is 10.1 Å². The minimum Gasteiger partial charge on any atom is -0.480 e. The molecule has 1 aromatic rings. The quantitative estimate of drug-likeness (QED) is 0.820. The Balaban J connectivity index is 2.09. The highest BCUT2D eigenvalue weighted by Crippen LogP contribution is 2.33. The lowest BCUT2D eigenvalue weighted by atomic mass is 10.1. The molecule has 1 saturated carbocycles. The molecule has 1 aliphatic carbocycles. The van der Waals surface area contributed by atoms with Gasteiger partial charge in [0.15, 0.2) is 0 Å². The van der Waals surface area contributed by atoms with E-state index in [1.54, 1.807) is 0 Å². The van der Waals surface area contributed by atoms with E-state index in [2.05, 4.69) is 21.2 Å². The van der Waals surface area contributed by atoms with Gasteiger partial charge in [-0.1, -0.05) is 0 Å². The van der Waals surface area contributed by atoms with E-state index in [-0.39, 0.29) is 22.5 Å². The van der Waals surface area contributed by atoms with E-state index < -0.39 is 23.6 Å². The van der Waals surface area contributed by atoms with Crippen molar-refractivity contribution in [2.45, 2.75) is 25.4 Å². The Bertz CT molecular complexity index is 477. The fraction of sp³-hybridized carbons (Fsp3) is 0.417. The van der Waals surface area contributed by atoms with Crippen molar-refractivity contribution < 1.29 is 18.7 Å². The molecule has 1 atom stereocenters. The molecule has 0 bridgehead atoms. The molecule has 0 amide bonds. The van der Waals surface area contributed by atoms with Crippen LogP contribution in [0.1, 0.15) is 18.4 Å². The SMILES string of the molecule is O=C(O)C(NCc1c(F)ccc(Br)c1F)C1CC1. The molecule has 1 aromatic carbocycles. The molecule has 6 heteroatoms. The molecule has 2 N–H and O–H groups in total. The zero-order valence-electron chi connectivity index (χ0n) is 9.42. The average molecular weight is 320 g/mol. The fourth-order valence-electron chi connectivity index (χ4n) is 1.83. The van der Waals surface area contributed by atoms with Gasteiger partial charge in [-0.05, 0) is 46.8 Å². The molecule has 0 aliphatic heterocycles. The van der Waals surface area contributed by atoms with Crippen LogP contribution in [0.2, 0.25) is 0 Å². The molecular weight excluding hydrogens is 308 g/mol. The number of carbonyl (C=O) groups is 1. The summed E-state index contributed by atoms with van der Waals surface area (Å²) >= 11 is 2.97. The predicted octanol–water partition coefficient (Wildman–Crippen LogP) is 2.68. The minimum atomic E-state index is -0.978. The molecule has 2 rings (SSSR count). The van der Waals surface area contributed by atoms with Gasteiger partial charge in [0.25, 0.3) is 0 Å². The second-order valence-electron chi connectivity index (χ2n) is 4.36. The Morgan fingerprint density at radius 1 is 1.50 bits per heavy atom. The van der Waals surface area contributed by atoms with E-state index in [0.717, 1.165) is 18.9 Å². The molecule has 18 heavy (non-hydrogen) atoms. The highest BCUT2D eigenvalue weighted by atomic mass is 79.9. The summed E-state index contributed by atoms with van der Waals surface area (Å²) in [6, 6.07) is 1.70. The number of aliphatic carboxylic acids is 1. The first-order chi connectivity index (χ1) is 8.50. The Hall–Kier alpha value is -1.01. The average Bonchev–Trinajstić information content (AvgIpc) is 3.12. The first kappa shape index (κ1) is 13.4. The van der Waals surface area contributed by atoms with Crippen molar-refractivity contribution >= 4 is 21.9 Å². The van der Waals surface area contributed by atoms with Gasteiger partial charge < -0.3 is 5.11 Å². The minimum absolute atomic E-state index is 0.0702. The van der Waals surface area contributed by atoms with Crippen LogP contribution in [-0.2, 0) is 11.3 Å². The fourth-order valence-corrected chi connectivity index (χ4v) is 2.20. The lowest BCUT2D eigenvalue weighted by Crippen LogP contribution is -2.38. The number of nitrogens with one attached hydrogen (secondary N) is 1. The summed E-state index contributed by atoms with van der Waals surface area (Å²) in [4.78, 5) is 11.0. The molecule has 0 heterocycles. The van der Waals surface area contributed by atoms with Crippen LogP contribution in [0.5, 0.6) is 0 Å². The van der Waals surface area contributed by atoms with Crippen molar-refractivity contribution in [2.24, 2.45) is 5.92 Å². The van der Waals surface area contributed by atoms with Crippen LogP contribution in [0.15, 0.2) is 16.6 Å². The lowest BCUT2D eigenvalue weighted by molar-refractivity contribution is -0.140. The van der Waals surface area contributed by atoms with Gasteiger partial charge in [-0.15, -0.1) is 0 Å². The standard InChI is InChI=1S/C12H12BrF2NO2/c13-8-3-4-9(14)7(10(8)15)5-16-11(12(17)18)6-1-2-6/h3-4,6,11,16H,1-2,5H2,(H,17,18). The van der Waals surface area contributed by atoms with Crippen molar-refractivity contribution in [1.29, 1.82) is 0 Å². The molecule has 1 aliphatic rings. The van der Waals surface area contributed by atoms with Crippen LogP contribution in [0.25, 0.3) is 0 Å². The van der Waals surface area contributed by atoms with Gasteiger partial charge in [0.2, 0.25) is 0 Å². The molecule has 1 unspecified atom stereocenters. The largest absolute Gasteiger partial charge is 0.480 e. The number of halogens is 3. The molecule has 0 saturated heterocycles. The summed E-state index contributed by atoms with van der Waals surface area (Å²) < 4.78 is 27.3. The number of rotatable bonds is 5. The summed E-state index contributed by atoms with van der Waals surface area (Å²) in [6.07, 6.45) is 1.68. The van der Waals surface area contributed by atoms with Crippen LogP contribution in [0, 0.1) is 17.6 Å². The maximum Gasteiger partial charge on any atom is 0.320 e. The zero-order chi connectivity index (χ0) is 13.3. The van der Waals surface area contributed by atoms with Crippen LogP contribution in [-0.4, -0.2) is 17.1 Å². The Morgan fingerprint density at radius 3 is 2.72 bits per heavy atom.